The molecule has 2 aromatic rings. The molecule has 190 valence electrons. The van der Waals surface area contributed by atoms with Crippen molar-refractivity contribution in [2.75, 3.05) is 20.1 Å². The highest BCUT2D eigenvalue weighted by Gasteiger charge is 2.36. The highest BCUT2D eigenvalue weighted by atomic mass is 19.4. The Balaban J connectivity index is 1.43. The molecule has 1 saturated heterocycles. The number of likely N-dealkylation sites (tertiary alicyclic amines) is 1. The highest BCUT2D eigenvalue weighted by molar-refractivity contribution is 5.79. The van der Waals surface area contributed by atoms with Gasteiger partial charge in [0.1, 0.15) is 12.4 Å². The molecule has 2 fully saturated rings. The van der Waals surface area contributed by atoms with Crippen LogP contribution in [0.15, 0.2) is 30.3 Å². The summed E-state index contributed by atoms with van der Waals surface area (Å²) < 4.78 is 47.7. The number of alkyl halides is 3. The summed E-state index contributed by atoms with van der Waals surface area (Å²) in [5.41, 5.74) is 3.50. The number of hydrogen-bond acceptors (Lipinski definition) is 3. The molecule has 1 heterocycles. The Kier molecular flexibility index (Phi) is 7.74. The number of ether oxygens (including phenoxy) is 1. The van der Waals surface area contributed by atoms with Gasteiger partial charge in [0, 0.05) is 26.7 Å². The van der Waals surface area contributed by atoms with Crippen molar-refractivity contribution < 1.29 is 22.7 Å². The van der Waals surface area contributed by atoms with Crippen molar-refractivity contribution in [3.05, 3.63) is 63.7 Å². The molecular formula is C28H35F3N2O2. The van der Waals surface area contributed by atoms with E-state index in [1.165, 1.54) is 6.07 Å². The number of nitrogens with zero attached hydrogens (tertiary/aromatic N) is 1. The van der Waals surface area contributed by atoms with Crippen LogP contribution in [0, 0.1) is 19.8 Å². The summed E-state index contributed by atoms with van der Waals surface area (Å²) >= 11 is 0. The number of nitrogens with one attached hydrogen (secondary N) is 1. The molecule has 0 aromatic heterocycles. The van der Waals surface area contributed by atoms with Gasteiger partial charge in [-0.1, -0.05) is 43.5 Å². The molecule has 2 aromatic carbocycles. The van der Waals surface area contributed by atoms with E-state index >= 15 is 0 Å². The van der Waals surface area contributed by atoms with Gasteiger partial charge in [0.2, 0.25) is 5.91 Å². The van der Waals surface area contributed by atoms with Gasteiger partial charge in [0.25, 0.3) is 0 Å². The first-order valence-corrected chi connectivity index (χ1v) is 12.5. The summed E-state index contributed by atoms with van der Waals surface area (Å²) in [6, 6.07) is 8.84. The smallest absolute Gasteiger partial charge is 0.416 e. The minimum Gasteiger partial charge on any atom is -0.488 e. The molecule has 7 heteroatoms. The number of carbonyl (C=O) groups excluding carboxylic acids is 1. The number of hydrogen-bond donors (Lipinski definition) is 1. The van der Waals surface area contributed by atoms with Crippen LogP contribution < -0.4 is 10.1 Å². The third kappa shape index (κ3) is 6.00. The minimum atomic E-state index is -4.37. The predicted octanol–water partition coefficient (Wildman–Crippen LogP) is 6.13. The van der Waals surface area contributed by atoms with Crippen LogP contribution in [0.1, 0.15) is 71.4 Å². The van der Waals surface area contributed by atoms with E-state index in [4.69, 9.17) is 4.74 Å². The van der Waals surface area contributed by atoms with E-state index in [2.05, 4.69) is 22.3 Å². The number of halogens is 3. The van der Waals surface area contributed by atoms with Crippen molar-refractivity contribution in [3.63, 3.8) is 0 Å². The molecule has 1 N–H and O–H groups in total. The van der Waals surface area contributed by atoms with E-state index in [1.807, 2.05) is 13.8 Å². The molecule has 0 radical (unpaired) electrons. The second-order valence-electron chi connectivity index (χ2n) is 10.1. The quantitative estimate of drug-likeness (QED) is 0.510. The van der Waals surface area contributed by atoms with E-state index in [1.54, 1.807) is 19.2 Å². The molecule has 1 saturated carbocycles. The van der Waals surface area contributed by atoms with Crippen LogP contribution >= 0.6 is 0 Å². The van der Waals surface area contributed by atoms with Gasteiger partial charge in [-0.05, 0) is 66.5 Å². The third-order valence-corrected chi connectivity index (χ3v) is 7.35. The van der Waals surface area contributed by atoms with Crippen molar-refractivity contribution in [1.29, 1.82) is 0 Å². The highest BCUT2D eigenvalue weighted by Crippen LogP contribution is 2.41. The lowest BCUT2D eigenvalue weighted by molar-refractivity contribution is -0.138. The van der Waals surface area contributed by atoms with E-state index < -0.39 is 11.7 Å². The summed E-state index contributed by atoms with van der Waals surface area (Å²) in [6.07, 6.45) is 0.377. The zero-order valence-electron chi connectivity index (χ0n) is 20.8. The number of aryl methyl sites for hydroxylation is 2. The number of amides is 1. The van der Waals surface area contributed by atoms with Gasteiger partial charge in [-0.3, -0.25) is 9.69 Å². The average molecular weight is 489 g/mol. The molecule has 0 spiro atoms. The molecule has 35 heavy (non-hydrogen) atoms. The molecule has 1 aliphatic heterocycles. The van der Waals surface area contributed by atoms with Crippen molar-refractivity contribution in [1.82, 2.24) is 10.2 Å². The summed E-state index contributed by atoms with van der Waals surface area (Å²) in [5.74, 6) is 0.838. The minimum absolute atomic E-state index is 0.00887. The molecule has 1 amide bonds. The van der Waals surface area contributed by atoms with Crippen LogP contribution in [-0.4, -0.2) is 30.9 Å². The Morgan fingerprint density at radius 3 is 2.29 bits per heavy atom. The average Bonchev–Trinajstić information content (AvgIpc) is 2.80. The standard InChI is InChI=1S/C28H35F3N2O2/c1-18-11-21(14-33-15-23(16-33)27(34)32-3)12-19(2)26(18)35-17-20-9-10-24(22-7-5-4-6-8-22)25(13-20)28(29,30)31/h9-13,22-23H,4-8,14-17H2,1-3H3,(H,32,34). The Bertz CT molecular complexity index is 1030. The number of carbonyl (C=O) groups is 1. The normalized spacial score (nSPS) is 17.8. The lowest BCUT2D eigenvalue weighted by Gasteiger charge is -2.38. The fraction of sp³-hybridized carbons (Fsp3) is 0.536. The summed E-state index contributed by atoms with van der Waals surface area (Å²) in [4.78, 5) is 13.9. The van der Waals surface area contributed by atoms with Crippen molar-refractivity contribution >= 4 is 5.91 Å². The number of rotatable bonds is 7. The molecule has 2 aliphatic rings. The topological polar surface area (TPSA) is 41.6 Å². The fourth-order valence-electron chi connectivity index (χ4n) is 5.55. The molecular weight excluding hydrogens is 453 g/mol. The maximum Gasteiger partial charge on any atom is 0.416 e. The van der Waals surface area contributed by atoms with Crippen LogP contribution in [-0.2, 0) is 24.1 Å². The van der Waals surface area contributed by atoms with Gasteiger partial charge in [-0.25, -0.2) is 0 Å². The zero-order chi connectivity index (χ0) is 25.2. The maximum atomic E-state index is 13.9. The van der Waals surface area contributed by atoms with Crippen molar-refractivity contribution in [2.45, 2.75) is 71.2 Å². The molecule has 0 atom stereocenters. The summed E-state index contributed by atoms with van der Waals surface area (Å²) in [7, 11) is 1.66. The summed E-state index contributed by atoms with van der Waals surface area (Å²) in [5, 5.41) is 2.69. The summed E-state index contributed by atoms with van der Waals surface area (Å²) in [6.45, 7) is 6.26. The lowest BCUT2D eigenvalue weighted by Crippen LogP contribution is -2.52. The van der Waals surface area contributed by atoms with Crippen LogP contribution in [0.3, 0.4) is 0 Å². The predicted molar refractivity (Wildman–Crippen MR) is 130 cm³/mol. The first-order valence-electron chi connectivity index (χ1n) is 12.5. The van der Waals surface area contributed by atoms with Crippen LogP contribution in [0.4, 0.5) is 13.2 Å². The molecule has 1 aliphatic carbocycles. The molecule has 4 nitrogen and oxygen atoms in total. The van der Waals surface area contributed by atoms with Crippen molar-refractivity contribution in [2.24, 2.45) is 5.92 Å². The first-order chi connectivity index (χ1) is 16.7. The second kappa shape index (κ2) is 10.6. The molecule has 0 bridgehead atoms. The van der Waals surface area contributed by atoms with Gasteiger partial charge in [0.15, 0.2) is 0 Å². The second-order valence-corrected chi connectivity index (χ2v) is 10.1. The Morgan fingerprint density at radius 1 is 1.03 bits per heavy atom. The maximum absolute atomic E-state index is 13.9. The molecule has 0 unspecified atom stereocenters. The van der Waals surface area contributed by atoms with Gasteiger partial charge >= 0.3 is 6.18 Å². The van der Waals surface area contributed by atoms with Gasteiger partial charge in [-0.2, -0.15) is 13.2 Å². The van der Waals surface area contributed by atoms with Crippen LogP contribution in [0.2, 0.25) is 0 Å². The SMILES string of the molecule is CNC(=O)C1CN(Cc2cc(C)c(OCc3ccc(C4CCCCC4)c(C(F)(F)F)c3)c(C)c2)C1. The van der Waals surface area contributed by atoms with E-state index in [0.29, 0.717) is 16.9 Å². The fourth-order valence-corrected chi connectivity index (χ4v) is 5.55. The first kappa shape index (κ1) is 25.5. The van der Waals surface area contributed by atoms with E-state index in [-0.39, 0.29) is 24.3 Å². The molecule has 4 rings (SSSR count). The Labute approximate surface area is 205 Å². The third-order valence-electron chi connectivity index (χ3n) is 7.35. The van der Waals surface area contributed by atoms with Crippen LogP contribution in [0.5, 0.6) is 5.75 Å². The Morgan fingerprint density at radius 2 is 1.69 bits per heavy atom. The monoisotopic (exact) mass is 488 g/mol. The van der Waals surface area contributed by atoms with E-state index in [9.17, 15) is 18.0 Å². The zero-order valence-corrected chi connectivity index (χ0v) is 20.8. The van der Waals surface area contributed by atoms with Crippen molar-refractivity contribution in [3.8, 4) is 5.75 Å². The van der Waals surface area contributed by atoms with Gasteiger partial charge < -0.3 is 10.1 Å². The Hall–Kier alpha value is -2.54. The van der Waals surface area contributed by atoms with Gasteiger partial charge in [0.05, 0.1) is 11.5 Å². The van der Waals surface area contributed by atoms with Crippen LogP contribution in [0.25, 0.3) is 0 Å². The van der Waals surface area contributed by atoms with Gasteiger partial charge in [-0.15, -0.1) is 0 Å². The largest absolute Gasteiger partial charge is 0.488 e. The lowest BCUT2D eigenvalue weighted by atomic mass is 9.81. The number of benzene rings is 2. The van der Waals surface area contributed by atoms with E-state index in [0.717, 1.165) is 68.4 Å².